The van der Waals surface area contributed by atoms with Crippen LogP contribution in [-0.2, 0) is 4.74 Å². The van der Waals surface area contributed by atoms with Gasteiger partial charge in [0, 0.05) is 13.5 Å². The second-order valence-corrected chi connectivity index (χ2v) is 4.24. The van der Waals surface area contributed by atoms with Crippen molar-refractivity contribution in [1.29, 1.82) is 0 Å². The third kappa shape index (κ3) is 4.10. The molecule has 0 unspecified atom stereocenters. The van der Waals surface area contributed by atoms with Gasteiger partial charge in [-0.05, 0) is 38.5 Å². The molecule has 0 N–H and O–H groups in total. The number of ether oxygens (including phenoxy) is 1. The highest BCUT2D eigenvalue weighted by Crippen LogP contribution is 2.30. The molecule has 1 rings (SSSR count). The summed E-state index contributed by atoms with van der Waals surface area (Å²) >= 11 is 0. The van der Waals surface area contributed by atoms with E-state index in [0.29, 0.717) is 0 Å². The lowest BCUT2D eigenvalue weighted by Gasteiger charge is -2.30. The van der Waals surface area contributed by atoms with E-state index < -0.39 is 0 Å². The van der Waals surface area contributed by atoms with Gasteiger partial charge < -0.3 is 4.74 Å². The van der Waals surface area contributed by atoms with E-state index in [0.717, 1.165) is 32.1 Å². The summed E-state index contributed by atoms with van der Waals surface area (Å²) in [5, 5.41) is 0. The van der Waals surface area contributed by atoms with Crippen molar-refractivity contribution in [3.05, 3.63) is 12.7 Å². The van der Waals surface area contributed by atoms with E-state index in [-0.39, 0.29) is 5.60 Å². The monoisotopic (exact) mass is 206 g/mol. The highest BCUT2D eigenvalue weighted by molar-refractivity contribution is 5.15. The van der Waals surface area contributed by atoms with Crippen LogP contribution < -0.4 is 0 Å². The minimum Gasteiger partial charge on any atom is -0.366 e. The molecule has 0 saturated heterocycles. The van der Waals surface area contributed by atoms with Crippen LogP contribution in [-0.4, -0.2) is 12.7 Å². The van der Waals surface area contributed by atoms with E-state index in [1.165, 1.54) is 19.3 Å². The van der Waals surface area contributed by atoms with Crippen molar-refractivity contribution >= 4 is 0 Å². The highest BCUT2D eigenvalue weighted by Gasteiger charge is 2.29. The number of methoxy groups -OCH3 is 1. The highest BCUT2D eigenvalue weighted by atomic mass is 16.5. The Morgan fingerprint density at radius 1 is 1.33 bits per heavy atom. The van der Waals surface area contributed by atoms with Gasteiger partial charge in [0.25, 0.3) is 0 Å². The molecule has 1 aliphatic rings. The molecule has 0 spiro atoms. The molecular weight excluding hydrogens is 184 g/mol. The smallest absolute Gasteiger partial charge is 0.128 e. The summed E-state index contributed by atoms with van der Waals surface area (Å²) in [7, 11) is 1.80. The lowest BCUT2D eigenvalue weighted by Crippen LogP contribution is -2.32. The molecule has 1 fully saturated rings. The van der Waals surface area contributed by atoms with Crippen molar-refractivity contribution in [3.8, 4) is 11.8 Å². The minimum absolute atomic E-state index is 0.119. The summed E-state index contributed by atoms with van der Waals surface area (Å²) in [6.45, 7) is 3.71. The van der Waals surface area contributed by atoms with Crippen molar-refractivity contribution in [3.63, 3.8) is 0 Å². The van der Waals surface area contributed by atoms with E-state index in [9.17, 15) is 0 Å². The molecule has 1 saturated carbocycles. The Morgan fingerprint density at radius 3 is 2.67 bits per heavy atom. The van der Waals surface area contributed by atoms with E-state index in [2.05, 4.69) is 18.4 Å². The van der Waals surface area contributed by atoms with Gasteiger partial charge in [0.2, 0.25) is 0 Å². The molecule has 0 radical (unpaired) electrons. The fourth-order valence-corrected chi connectivity index (χ4v) is 2.06. The Morgan fingerprint density at radius 2 is 2.07 bits per heavy atom. The molecule has 0 aromatic rings. The van der Waals surface area contributed by atoms with Gasteiger partial charge in [0.1, 0.15) is 5.60 Å². The van der Waals surface area contributed by atoms with Crippen LogP contribution in [0.3, 0.4) is 0 Å². The van der Waals surface area contributed by atoms with Gasteiger partial charge in [-0.3, -0.25) is 0 Å². The lowest BCUT2D eigenvalue weighted by molar-refractivity contribution is 0.0104. The standard InChI is InChI=1S/C14H22O/c1-3-4-5-6-8-11-14(15-2)12-9-7-10-13-14/h3H,1,4-7,9-10,12-13H2,2H3. The van der Waals surface area contributed by atoms with Gasteiger partial charge in [-0.25, -0.2) is 0 Å². The maximum atomic E-state index is 5.59. The SMILES string of the molecule is C=CCCCC#CC1(OC)CCCCC1. The molecule has 0 aromatic heterocycles. The molecule has 0 amide bonds. The number of hydrogen-bond acceptors (Lipinski definition) is 1. The summed E-state index contributed by atoms with van der Waals surface area (Å²) in [6, 6.07) is 0. The third-order valence-corrected chi connectivity index (χ3v) is 3.08. The van der Waals surface area contributed by atoms with Crippen LogP contribution in [0.15, 0.2) is 12.7 Å². The Bertz CT molecular complexity index is 238. The minimum atomic E-state index is -0.119. The normalized spacial score (nSPS) is 19.0. The molecule has 0 aliphatic heterocycles. The maximum Gasteiger partial charge on any atom is 0.128 e. The van der Waals surface area contributed by atoms with Crippen molar-refractivity contribution in [2.75, 3.05) is 7.11 Å². The zero-order valence-corrected chi connectivity index (χ0v) is 9.85. The Hall–Kier alpha value is -0.740. The summed E-state index contributed by atoms with van der Waals surface area (Å²) in [5.74, 6) is 6.60. The number of unbranched alkanes of at least 4 members (excludes halogenated alkanes) is 2. The average molecular weight is 206 g/mol. The number of hydrogen-bond donors (Lipinski definition) is 0. The van der Waals surface area contributed by atoms with Gasteiger partial charge in [-0.1, -0.05) is 18.4 Å². The lowest BCUT2D eigenvalue weighted by atomic mass is 9.85. The predicted octanol–water partition coefficient (Wildman–Crippen LogP) is 3.70. The molecule has 1 aliphatic carbocycles. The average Bonchev–Trinajstić information content (AvgIpc) is 2.30. The molecule has 0 heterocycles. The largest absolute Gasteiger partial charge is 0.366 e. The second-order valence-electron chi connectivity index (χ2n) is 4.24. The van der Waals surface area contributed by atoms with Gasteiger partial charge in [0.15, 0.2) is 0 Å². The van der Waals surface area contributed by atoms with Crippen LogP contribution in [0.2, 0.25) is 0 Å². The number of allylic oxidation sites excluding steroid dienone is 1. The zero-order chi connectivity index (χ0) is 11.0. The molecule has 0 aromatic carbocycles. The molecule has 15 heavy (non-hydrogen) atoms. The van der Waals surface area contributed by atoms with E-state index in [1.807, 2.05) is 6.08 Å². The summed E-state index contributed by atoms with van der Waals surface area (Å²) in [4.78, 5) is 0. The van der Waals surface area contributed by atoms with Gasteiger partial charge in [-0.2, -0.15) is 0 Å². The second kappa shape index (κ2) is 6.69. The van der Waals surface area contributed by atoms with E-state index in [4.69, 9.17) is 4.74 Å². The van der Waals surface area contributed by atoms with Crippen molar-refractivity contribution in [2.24, 2.45) is 0 Å². The van der Waals surface area contributed by atoms with Crippen LogP contribution in [0.1, 0.15) is 51.4 Å². The first kappa shape index (κ1) is 12.3. The molecule has 84 valence electrons. The molecule has 1 nitrogen and oxygen atoms in total. The molecule has 0 atom stereocenters. The number of rotatable bonds is 4. The summed E-state index contributed by atoms with van der Waals surface area (Å²) in [5.41, 5.74) is -0.119. The Kier molecular flexibility index (Phi) is 5.50. The van der Waals surface area contributed by atoms with Crippen LogP contribution in [0.5, 0.6) is 0 Å². The first-order valence-corrected chi connectivity index (χ1v) is 5.99. The van der Waals surface area contributed by atoms with Gasteiger partial charge in [0.05, 0.1) is 0 Å². The van der Waals surface area contributed by atoms with Crippen LogP contribution in [0.25, 0.3) is 0 Å². The Labute approximate surface area is 93.9 Å². The summed E-state index contributed by atoms with van der Waals surface area (Å²) in [6.07, 6.45) is 11.2. The Balaban J connectivity index is 2.39. The third-order valence-electron chi connectivity index (χ3n) is 3.08. The fourth-order valence-electron chi connectivity index (χ4n) is 2.06. The first-order chi connectivity index (χ1) is 7.33. The topological polar surface area (TPSA) is 9.23 Å². The van der Waals surface area contributed by atoms with E-state index >= 15 is 0 Å². The van der Waals surface area contributed by atoms with Gasteiger partial charge >= 0.3 is 0 Å². The van der Waals surface area contributed by atoms with Gasteiger partial charge in [-0.15, -0.1) is 12.5 Å². The van der Waals surface area contributed by atoms with Crippen molar-refractivity contribution in [2.45, 2.75) is 57.0 Å². The molecular formula is C14H22O. The fraction of sp³-hybridized carbons (Fsp3) is 0.714. The quantitative estimate of drug-likeness (QED) is 0.387. The maximum absolute atomic E-state index is 5.59. The zero-order valence-electron chi connectivity index (χ0n) is 9.85. The van der Waals surface area contributed by atoms with Crippen LogP contribution >= 0.6 is 0 Å². The van der Waals surface area contributed by atoms with Crippen molar-refractivity contribution < 1.29 is 4.74 Å². The predicted molar refractivity (Wildman–Crippen MR) is 64.6 cm³/mol. The van der Waals surface area contributed by atoms with Crippen molar-refractivity contribution in [1.82, 2.24) is 0 Å². The van der Waals surface area contributed by atoms with Crippen LogP contribution in [0.4, 0.5) is 0 Å². The first-order valence-electron chi connectivity index (χ1n) is 5.99. The molecule has 1 heteroatoms. The van der Waals surface area contributed by atoms with E-state index in [1.54, 1.807) is 7.11 Å². The van der Waals surface area contributed by atoms with Crippen LogP contribution in [0, 0.1) is 11.8 Å². The summed E-state index contributed by atoms with van der Waals surface area (Å²) < 4.78 is 5.59. The molecule has 0 bridgehead atoms.